The summed E-state index contributed by atoms with van der Waals surface area (Å²) in [6.07, 6.45) is 1.16. The van der Waals surface area contributed by atoms with Crippen LogP contribution in [-0.4, -0.2) is 40.5 Å². The van der Waals surface area contributed by atoms with Crippen molar-refractivity contribution in [3.8, 4) is 0 Å². The lowest BCUT2D eigenvalue weighted by atomic mass is 9.89. The zero-order valence-corrected chi connectivity index (χ0v) is 8.82. The van der Waals surface area contributed by atoms with Crippen LogP contribution in [0.4, 0.5) is 0 Å². The van der Waals surface area contributed by atoms with Gasteiger partial charge in [-0.3, -0.25) is 15.0 Å². The molecule has 1 aliphatic rings. The quantitative estimate of drug-likeness (QED) is 0.304. The molecule has 1 fully saturated rings. The summed E-state index contributed by atoms with van der Waals surface area (Å²) < 4.78 is 0. The van der Waals surface area contributed by atoms with Gasteiger partial charge in [-0.15, -0.1) is 0 Å². The molecule has 1 atom stereocenters. The summed E-state index contributed by atoms with van der Waals surface area (Å²) in [5, 5.41) is 10.1. The molecule has 0 aromatic carbocycles. The van der Waals surface area contributed by atoms with E-state index in [1.54, 1.807) is 4.90 Å². The Kier molecular flexibility index (Phi) is 3.65. The van der Waals surface area contributed by atoms with Crippen molar-refractivity contribution in [3.05, 3.63) is 0 Å². The highest BCUT2D eigenvalue weighted by Crippen LogP contribution is 2.24. The maximum atomic E-state index is 11.1. The Morgan fingerprint density at radius 1 is 1.60 bits per heavy atom. The third kappa shape index (κ3) is 3.17. The minimum atomic E-state index is -1.13. The summed E-state index contributed by atoms with van der Waals surface area (Å²) in [5.41, 5.74) is 0.848. The van der Waals surface area contributed by atoms with Gasteiger partial charge in [0.15, 0.2) is 0 Å². The molecule has 6 nitrogen and oxygen atoms in total. The predicted octanol–water partition coefficient (Wildman–Crippen LogP) is -1.26. The average molecular weight is 215 g/mol. The van der Waals surface area contributed by atoms with Crippen LogP contribution in [0.15, 0.2) is 0 Å². The van der Waals surface area contributed by atoms with Crippen molar-refractivity contribution in [2.75, 3.05) is 13.1 Å². The standard InChI is InChI=1S/C9H17N3O3/c1-7(13)12-4-2-3-9(15,6-12)5-8(14)11-10/h15H,2-6,10H2,1H3,(H,11,14). The van der Waals surface area contributed by atoms with Crippen LogP contribution in [0, 0.1) is 0 Å². The van der Waals surface area contributed by atoms with Crippen LogP contribution in [0.25, 0.3) is 0 Å². The third-order valence-electron chi connectivity index (χ3n) is 2.65. The lowest BCUT2D eigenvalue weighted by molar-refractivity contribution is -0.140. The van der Waals surface area contributed by atoms with E-state index in [2.05, 4.69) is 0 Å². The molecule has 0 saturated carbocycles. The molecule has 1 rings (SSSR count). The van der Waals surface area contributed by atoms with E-state index in [4.69, 9.17) is 5.84 Å². The molecular formula is C9H17N3O3. The molecule has 86 valence electrons. The highest BCUT2D eigenvalue weighted by Gasteiger charge is 2.35. The van der Waals surface area contributed by atoms with Gasteiger partial charge in [-0.05, 0) is 12.8 Å². The number of hydrazine groups is 1. The van der Waals surface area contributed by atoms with Gasteiger partial charge in [0.1, 0.15) is 0 Å². The van der Waals surface area contributed by atoms with Crippen LogP contribution in [0.5, 0.6) is 0 Å². The number of nitrogens with zero attached hydrogens (tertiary/aromatic N) is 1. The Balaban J connectivity index is 2.60. The maximum Gasteiger partial charge on any atom is 0.236 e. The molecule has 0 radical (unpaired) electrons. The summed E-state index contributed by atoms with van der Waals surface area (Å²) >= 11 is 0. The van der Waals surface area contributed by atoms with Gasteiger partial charge in [-0.25, -0.2) is 5.84 Å². The molecule has 4 N–H and O–H groups in total. The van der Waals surface area contributed by atoms with Gasteiger partial charge in [0.25, 0.3) is 0 Å². The second kappa shape index (κ2) is 4.59. The number of piperidine rings is 1. The average Bonchev–Trinajstić information content (AvgIpc) is 2.17. The number of hydrogen-bond donors (Lipinski definition) is 3. The summed E-state index contributed by atoms with van der Waals surface area (Å²) in [6.45, 7) is 2.30. The van der Waals surface area contributed by atoms with Crippen LogP contribution in [0.2, 0.25) is 0 Å². The summed E-state index contributed by atoms with van der Waals surface area (Å²) in [7, 11) is 0. The third-order valence-corrected chi connectivity index (χ3v) is 2.65. The SMILES string of the molecule is CC(=O)N1CCCC(O)(CC(=O)NN)C1. The van der Waals surface area contributed by atoms with Crippen molar-refractivity contribution in [2.24, 2.45) is 5.84 Å². The number of nitrogens with two attached hydrogens (primary N) is 1. The van der Waals surface area contributed by atoms with E-state index in [1.807, 2.05) is 5.43 Å². The van der Waals surface area contributed by atoms with Crippen molar-refractivity contribution < 1.29 is 14.7 Å². The first kappa shape index (κ1) is 11.9. The minimum absolute atomic E-state index is 0.0622. The largest absolute Gasteiger partial charge is 0.388 e. The molecule has 1 heterocycles. The zero-order chi connectivity index (χ0) is 11.5. The number of likely N-dealkylation sites (tertiary alicyclic amines) is 1. The molecule has 0 bridgehead atoms. The second-order valence-corrected chi connectivity index (χ2v) is 4.01. The number of aliphatic hydroxyl groups is 1. The normalized spacial score (nSPS) is 26.2. The van der Waals surface area contributed by atoms with Crippen LogP contribution < -0.4 is 11.3 Å². The van der Waals surface area contributed by atoms with Crippen LogP contribution >= 0.6 is 0 Å². The molecule has 1 aliphatic heterocycles. The number of rotatable bonds is 2. The molecule has 1 saturated heterocycles. The fourth-order valence-electron chi connectivity index (χ4n) is 1.88. The Hall–Kier alpha value is -1.14. The van der Waals surface area contributed by atoms with Gasteiger partial charge < -0.3 is 10.0 Å². The molecule has 0 aromatic rings. The highest BCUT2D eigenvalue weighted by atomic mass is 16.3. The first-order valence-corrected chi connectivity index (χ1v) is 4.94. The number of amides is 2. The van der Waals surface area contributed by atoms with Crippen molar-refractivity contribution >= 4 is 11.8 Å². The highest BCUT2D eigenvalue weighted by molar-refractivity contribution is 5.77. The van der Waals surface area contributed by atoms with Crippen LogP contribution in [-0.2, 0) is 9.59 Å². The van der Waals surface area contributed by atoms with Crippen molar-refractivity contribution in [3.63, 3.8) is 0 Å². The monoisotopic (exact) mass is 215 g/mol. The van der Waals surface area contributed by atoms with E-state index in [1.165, 1.54) is 6.92 Å². The van der Waals surface area contributed by atoms with E-state index in [-0.39, 0.29) is 18.9 Å². The van der Waals surface area contributed by atoms with E-state index < -0.39 is 11.5 Å². The van der Waals surface area contributed by atoms with Gasteiger partial charge in [-0.2, -0.15) is 0 Å². The fourth-order valence-corrected chi connectivity index (χ4v) is 1.88. The number of nitrogens with one attached hydrogen (secondary N) is 1. The Labute approximate surface area is 88.4 Å². The number of β-amino-alcohol motifs (C(OH)–C–C–N with tert-alkyl or cyclic N) is 1. The minimum Gasteiger partial charge on any atom is -0.388 e. The zero-order valence-electron chi connectivity index (χ0n) is 8.82. The number of carbonyl (C=O) groups is 2. The lowest BCUT2D eigenvalue weighted by Crippen LogP contribution is -2.52. The first-order chi connectivity index (χ1) is 6.97. The van der Waals surface area contributed by atoms with E-state index in [0.29, 0.717) is 19.4 Å². The van der Waals surface area contributed by atoms with Gasteiger partial charge in [0, 0.05) is 20.0 Å². The van der Waals surface area contributed by atoms with E-state index in [0.717, 1.165) is 0 Å². The van der Waals surface area contributed by atoms with Gasteiger partial charge in [0.2, 0.25) is 11.8 Å². The molecule has 0 spiro atoms. The topological polar surface area (TPSA) is 95.7 Å². The van der Waals surface area contributed by atoms with Gasteiger partial charge in [-0.1, -0.05) is 0 Å². The Bertz CT molecular complexity index is 269. The van der Waals surface area contributed by atoms with Crippen LogP contribution in [0.3, 0.4) is 0 Å². The van der Waals surface area contributed by atoms with E-state index >= 15 is 0 Å². The lowest BCUT2D eigenvalue weighted by Gasteiger charge is -2.38. The molecule has 15 heavy (non-hydrogen) atoms. The van der Waals surface area contributed by atoms with Gasteiger partial charge in [0.05, 0.1) is 12.0 Å². The second-order valence-electron chi connectivity index (χ2n) is 4.01. The number of hydrogen-bond acceptors (Lipinski definition) is 4. The molecule has 0 aliphatic carbocycles. The Morgan fingerprint density at radius 3 is 2.80 bits per heavy atom. The molecular weight excluding hydrogens is 198 g/mol. The Morgan fingerprint density at radius 2 is 2.27 bits per heavy atom. The summed E-state index contributed by atoms with van der Waals surface area (Å²) in [5.74, 6) is 4.46. The predicted molar refractivity (Wildman–Crippen MR) is 53.4 cm³/mol. The summed E-state index contributed by atoms with van der Waals surface area (Å²) in [6, 6.07) is 0. The van der Waals surface area contributed by atoms with Crippen molar-refractivity contribution in [1.82, 2.24) is 10.3 Å². The maximum absolute atomic E-state index is 11.1. The van der Waals surface area contributed by atoms with Crippen molar-refractivity contribution in [2.45, 2.75) is 31.8 Å². The molecule has 6 heteroatoms. The van der Waals surface area contributed by atoms with Gasteiger partial charge >= 0.3 is 0 Å². The van der Waals surface area contributed by atoms with Crippen LogP contribution in [0.1, 0.15) is 26.2 Å². The molecule has 2 amide bonds. The molecule has 1 unspecified atom stereocenters. The molecule has 0 aromatic heterocycles. The smallest absolute Gasteiger partial charge is 0.236 e. The number of carbonyl (C=O) groups excluding carboxylic acids is 2. The fraction of sp³-hybridized carbons (Fsp3) is 0.778. The van der Waals surface area contributed by atoms with E-state index in [9.17, 15) is 14.7 Å². The summed E-state index contributed by atoms with van der Waals surface area (Å²) in [4.78, 5) is 23.7. The van der Waals surface area contributed by atoms with Crippen molar-refractivity contribution in [1.29, 1.82) is 0 Å². The first-order valence-electron chi connectivity index (χ1n) is 4.94.